The largest absolute Gasteiger partial charge is 0.489 e. The Labute approximate surface area is 199 Å². The fourth-order valence-corrected chi connectivity index (χ4v) is 3.95. The molecule has 2 aromatic carbocycles. The monoisotopic (exact) mass is 463 g/mol. The van der Waals surface area contributed by atoms with Crippen LogP contribution in [0.3, 0.4) is 0 Å². The lowest BCUT2D eigenvalue weighted by Crippen LogP contribution is -2.46. The number of anilines is 1. The third kappa shape index (κ3) is 6.32. The Hall–Kier alpha value is -3.45. The predicted octanol–water partition coefficient (Wildman–Crippen LogP) is 4.69. The molecule has 0 saturated carbocycles. The minimum Gasteiger partial charge on any atom is -0.489 e. The molecule has 1 fully saturated rings. The summed E-state index contributed by atoms with van der Waals surface area (Å²) >= 11 is 0. The summed E-state index contributed by atoms with van der Waals surface area (Å²) in [6, 6.07) is 18.0. The van der Waals surface area contributed by atoms with Crippen LogP contribution in [0.4, 0.5) is 10.2 Å². The van der Waals surface area contributed by atoms with Gasteiger partial charge in [0.05, 0.1) is 6.10 Å². The molecule has 0 N–H and O–H groups in total. The number of pyridine rings is 1. The van der Waals surface area contributed by atoms with E-state index in [1.165, 1.54) is 17.7 Å². The number of benzene rings is 2. The maximum atomic E-state index is 13.3. The first-order chi connectivity index (χ1) is 16.5. The summed E-state index contributed by atoms with van der Waals surface area (Å²) in [5.74, 6) is 0.855. The number of hydrogen-bond donors (Lipinski definition) is 0. The van der Waals surface area contributed by atoms with Crippen LogP contribution in [0, 0.1) is 5.82 Å². The summed E-state index contributed by atoms with van der Waals surface area (Å²) in [5.41, 5.74) is 2.51. The summed E-state index contributed by atoms with van der Waals surface area (Å²) in [6.07, 6.45) is 1.54. The van der Waals surface area contributed by atoms with Gasteiger partial charge in [0.2, 0.25) is 0 Å². The molecule has 1 aliphatic rings. The number of nitrogens with zero attached hydrogens (tertiary/aromatic N) is 3. The molecule has 7 heteroatoms. The van der Waals surface area contributed by atoms with E-state index in [1.54, 1.807) is 24.4 Å². The molecular formula is C27H30FN3O3. The van der Waals surface area contributed by atoms with Gasteiger partial charge in [0.25, 0.3) is 0 Å². The van der Waals surface area contributed by atoms with Gasteiger partial charge in [0.1, 0.15) is 29.6 Å². The molecule has 2 heterocycles. The van der Waals surface area contributed by atoms with E-state index in [9.17, 15) is 9.18 Å². The number of rotatable bonds is 8. The van der Waals surface area contributed by atoms with Gasteiger partial charge in [-0.2, -0.15) is 0 Å². The van der Waals surface area contributed by atoms with Crippen LogP contribution in [0.15, 0.2) is 66.9 Å². The highest BCUT2D eigenvalue weighted by molar-refractivity contribution is 5.94. The molecule has 0 spiro atoms. The highest BCUT2D eigenvalue weighted by Crippen LogP contribution is 2.22. The zero-order valence-corrected chi connectivity index (χ0v) is 19.6. The zero-order chi connectivity index (χ0) is 23.9. The predicted molar refractivity (Wildman–Crippen MR) is 129 cm³/mol. The van der Waals surface area contributed by atoms with Gasteiger partial charge in [0, 0.05) is 38.9 Å². The van der Waals surface area contributed by atoms with Gasteiger partial charge in [-0.3, -0.25) is 4.90 Å². The molecule has 4 rings (SSSR count). The van der Waals surface area contributed by atoms with E-state index < -0.39 is 0 Å². The van der Waals surface area contributed by atoms with Crippen LogP contribution in [0.5, 0.6) is 5.75 Å². The van der Waals surface area contributed by atoms with Crippen LogP contribution >= 0.6 is 0 Å². The zero-order valence-electron chi connectivity index (χ0n) is 19.6. The van der Waals surface area contributed by atoms with Crippen molar-refractivity contribution in [3.05, 3.63) is 89.4 Å². The fourth-order valence-electron chi connectivity index (χ4n) is 3.95. The Morgan fingerprint density at radius 3 is 2.47 bits per heavy atom. The van der Waals surface area contributed by atoms with Crippen LogP contribution in [-0.4, -0.2) is 48.1 Å². The molecule has 178 valence electrons. The summed E-state index contributed by atoms with van der Waals surface area (Å²) in [6.45, 7) is 8.16. The SMILES string of the molecule is CC(C)OC(=O)c1cccnc1N1CCN(Cc2ccc(OCc3cccc(F)c3)cc2)CC1. The van der Waals surface area contributed by atoms with Crippen molar-refractivity contribution in [1.29, 1.82) is 0 Å². The number of carbonyl (C=O) groups excluding carboxylic acids is 1. The average Bonchev–Trinajstić information content (AvgIpc) is 2.84. The molecule has 0 bridgehead atoms. The summed E-state index contributed by atoms with van der Waals surface area (Å²) in [7, 11) is 0. The van der Waals surface area contributed by atoms with E-state index in [0.29, 0.717) is 18.0 Å². The standard InChI is InChI=1S/C27H30FN3O3/c1-20(2)34-27(32)25-7-4-12-29-26(25)31-15-13-30(14-16-31)18-21-8-10-24(11-9-21)33-19-22-5-3-6-23(28)17-22/h3-12,17,20H,13-16,18-19H2,1-2H3. The lowest BCUT2D eigenvalue weighted by molar-refractivity contribution is 0.0378. The van der Waals surface area contributed by atoms with E-state index in [2.05, 4.69) is 26.9 Å². The van der Waals surface area contributed by atoms with Gasteiger partial charge in [0.15, 0.2) is 0 Å². The lowest BCUT2D eigenvalue weighted by Gasteiger charge is -2.36. The van der Waals surface area contributed by atoms with E-state index in [0.717, 1.165) is 44.0 Å². The van der Waals surface area contributed by atoms with Gasteiger partial charge in [-0.25, -0.2) is 14.2 Å². The van der Waals surface area contributed by atoms with Crippen molar-refractivity contribution in [2.75, 3.05) is 31.1 Å². The van der Waals surface area contributed by atoms with Crippen molar-refractivity contribution in [3.8, 4) is 5.75 Å². The smallest absolute Gasteiger partial charge is 0.342 e. The summed E-state index contributed by atoms with van der Waals surface area (Å²) in [5, 5.41) is 0. The minimum atomic E-state index is -0.333. The molecule has 3 aromatic rings. The minimum absolute atomic E-state index is 0.171. The van der Waals surface area contributed by atoms with Gasteiger partial charge in [-0.05, 0) is 61.4 Å². The van der Waals surface area contributed by atoms with E-state index in [-0.39, 0.29) is 17.9 Å². The van der Waals surface area contributed by atoms with Crippen LogP contribution in [-0.2, 0) is 17.9 Å². The number of ether oxygens (including phenoxy) is 2. The molecule has 34 heavy (non-hydrogen) atoms. The first-order valence-corrected chi connectivity index (χ1v) is 11.6. The number of hydrogen-bond acceptors (Lipinski definition) is 6. The molecule has 1 aliphatic heterocycles. The Balaban J connectivity index is 1.29. The van der Waals surface area contributed by atoms with Crippen molar-refractivity contribution in [1.82, 2.24) is 9.88 Å². The van der Waals surface area contributed by atoms with Gasteiger partial charge >= 0.3 is 5.97 Å². The van der Waals surface area contributed by atoms with Crippen molar-refractivity contribution < 1.29 is 18.7 Å². The number of carbonyl (C=O) groups is 1. The van der Waals surface area contributed by atoms with Crippen molar-refractivity contribution >= 4 is 11.8 Å². The fraction of sp³-hybridized carbons (Fsp3) is 0.333. The number of aromatic nitrogens is 1. The topological polar surface area (TPSA) is 54.9 Å². The van der Waals surface area contributed by atoms with Gasteiger partial charge in [-0.15, -0.1) is 0 Å². The average molecular weight is 464 g/mol. The molecule has 0 amide bonds. The third-order valence-electron chi connectivity index (χ3n) is 5.65. The highest BCUT2D eigenvalue weighted by atomic mass is 19.1. The first kappa shape index (κ1) is 23.7. The normalized spacial score (nSPS) is 14.3. The molecular weight excluding hydrogens is 433 g/mol. The maximum absolute atomic E-state index is 13.3. The number of halogens is 1. The Morgan fingerprint density at radius 2 is 1.76 bits per heavy atom. The summed E-state index contributed by atoms with van der Waals surface area (Å²) < 4.78 is 24.5. The Morgan fingerprint density at radius 1 is 1.00 bits per heavy atom. The molecule has 0 aliphatic carbocycles. The van der Waals surface area contributed by atoms with Crippen molar-refractivity contribution in [3.63, 3.8) is 0 Å². The van der Waals surface area contributed by atoms with E-state index in [1.807, 2.05) is 32.0 Å². The second kappa shape index (κ2) is 11.1. The lowest BCUT2D eigenvalue weighted by atomic mass is 10.1. The maximum Gasteiger partial charge on any atom is 0.342 e. The van der Waals surface area contributed by atoms with Crippen LogP contribution in [0.1, 0.15) is 35.3 Å². The van der Waals surface area contributed by atoms with Crippen LogP contribution in [0.2, 0.25) is 0 Å². The number of esters is 1. The van der Waals surface area contributed by atoms with Crippen molar-refractivity contribution in [2.24, 2.45) is 0 Å². The molecule has 1 saturated heterocycles. The van der Waals surface area contributed by atoms with E-state index in [4.69, 9.17) is 9.47 Å². The molecule has 0 unspecified atom stereocenters. The Bertz CT molecular complexity index is 1100. The molecule has 0 atom stereocenters. The van der Waals surface area contributed by atoms with Gasteiger partial charge < -0.3 is 14.4 Å². The molecule has 0 radical (unpaired) electrons. The third-order valence-corrected chi connectivity index (χ3v) is 5.65. The Kier molecular flexibility index (Phi) is 7.75. The molecule has 1 aromatic heterocycles. The molecule has 6 nitrogen and oxygen atoms in total. The van der Waals surface area contributed by atoms with E-state index >= 15 is 0 Å². The quantitative estimate of drug-likeness (QED) is 0.452. The highest BCUT2D eigenvalue weighted by Gasteiger charge is 2.23. The summed E-state index contributed by atoms with van der Waals surface area (Å²) in [4.78, 5) is 21.5. The first-order valence-electron chi connectivity index (χ1n) is 11.6. The second-order valence-corrected chi connectivity index (χ2v) is 8.65. The van der Waals surface area contributed by atoms with Crippen LogP contribution in [0.25, 0.3) is 0 Å². The van der Waals surface area contributed by atoms with Crippen molar-refractivity contribution in [2.45, 2.75) is 33.1 Å². The number of piperazine rings is 1. The second-order valence-electron chi connectivity index (χ2n) is 8.65. The van der Waals surface area contributed by atoms with Gasteiger partial charge in [-0.1, -0.05) is 24.3 Å². The van der Waals surface area contributed by atoms with Crippen LogP contribution < -0.4 is 9.64 Å².